The first-order valence-electron chi connectivity index (χ1n) is 5.94. The summed E-state index contributed by atoms with van der Waals surface area (Å²) in [7, 11) is 0. The van der Waals surface area contributed by atoms with E-state index in [-0.39, 0.29) is 11.4 Å². The minimum absolute atomic E-state index is 0.158. The molecule has 1 aromatic heterocycles. The van der Waals surface area contributed by atoms with Crippen LogP contribution in [0.4, 0.5) is 14.6 Å². The Labute approximate surface area is 114 Å². The highest BCUT2D eigenvalue weighted by Crippen LogP contribution is 2.21. The lowest BCUT2D eigenvalue weighted by Gasteiger charge is -2.15. The van der Waals surface area contributed by atoms with E-state index in [9.17, 15) is 13.6 Å². The van der Waals surface area contributed by atoms with Crippen molar-refractivity contribution in [1.29, 1.82) is 0 Å². The van der Waals surface area contributed by atoms with E-state index in [2.05, 4.69) is 10.3 Å². The zero-order valence-electron chi connectivity index (χ0n) is 10.6. The van der Waals surface area contributed by atoms with Gasteiger partial charge in [-0.1, -0.05) is 18.2 Å². The Morgan fingerprint density at radius 3 is 2.70 bits per heavy atom. The molecule has 0 aliphatic heterocycles. The van der Waals surface area contributed by atoms with Crippen LogP contribution in [0, 0.1) is 0 Å². The number of nitrogens with two attached hydrogens (primary N) is 2. The van der Waals surface area contributed by atoms with Crippen LogP contribution in [0.2, 0.25) is 0 Å². The fraction of sp³-hybridized carbons (Fsp3) is 0.231. The summed E-state index contributed by atoms with van der Waals surface area (Å²) in [6.07, 6.45) is 0. The van der Waals surface area contributed by atoms with Crippen LogP contribution < -0.4 is 16.8 Å². The molecule has 0 unspecified atom stereocenters. The maximum absolute atomic E-state index is 13.1. The second-order valence-electron chi connectivity index (χ2n) is 4.35. The molecular weight excluding hydrogens is 266 g/mol. The monoisotopic (exact) mass is 280 g/mol. The summed E-state index contributed by atoms with van der Waals surface area (Å²) in [5.41, 5.74) is 11.0. The largest absolute Gasteiger partial charge is 0.366 e. The average molecular weight is 280 g/mol. The van der Waals surface area contributed by atoms with Crippen LogP contribution in [0.3, 0.4) is 0 Å². The molecule has 0 atom stereocenters. The molecule has 20 heavy (non-hydrogen) atoms. The summed E-state index contributed by atoms with van der Waals surface area (Å²) < 4.78 is 26.2. The second-order valence-corrected chi connectivity index (χ2v) is 4.35. The van der Waals surface area contributed by atoms with Crippen molar-refractivity contribution in [3.63, 3.8) is 0 Å². The number of anilines is 1. The topological polar surface area (TPSA) is 94.0 Å². The van der Waals surface area contributed by atoms with Gasteiger partial charge in [-0.25, -0.2) is 13.8 Å². The van der Waals surface area contributed by atoms with Crippen molar-refractivity contribution in [2.45, 2.75) is 5.92 Å². The molecule has 0 fully saturated rings. The van der Waals surface area contributed by atoms with Gasteiger partial charge in [0.05, 0.1) is 24.2 Å². The number of nitrogens with one attached hydrogen (secondary N) is 1. The molecule has 5 nitrogen and oxygen atoms in total. The van der Waals surface area contributed by atoms with Gasteiger partial charge in [-0.05, 0) is 12.1 Å². The van der Waals surface area contributed by atoms with E-state index in [1.807, 2.05) is 0 Å². The third kappa shape index (κ3) is 3.00. The Morgan fingerprint density at radius 2 is 2.05 bits per heavy atom. The average Bonchev–Trinajstić information content (AvgIpc) is 2.44. The first-order valence-corrected chi connectivity index (χ1v) is 5.94. The van der Waals surface area contributed by atoms with E-state index >= 15 is 0 Å². The van der Waals surface area contributed by atoms with E-state index in [1.165, 1.54) is 6.07 Å². The Balaban J connectivity index is 2.38. The van der Waals surface area contributed by atoms with Crippen LogP contribution in [-0.2, 0) is 0 Å². The number of para-hydroxylation sites is 1. The van der Waals surface area contributed by atoms with Crippen LogP contribution in [0.1, 0.15) is 10.4 Å². The standard InChI is InChI=1S/C13H14F2N4O/c14-13(15,6-16)7-18-11-5-9(12(17)20)8-3-1-2-4-10(8)19-11/h1-5H,6-7,16H2,(H2,17,20)(H,18,19). The number of alkyl halides is 2. The molecule has 1 aromatic carbocycles. The number of aromatic nitrogens is 1. The molecule has 1 heterocycles. The summed E-state index contributed by atoms with van der Waals surface area (Å²) in [5, 5.41) is 3.05. The van der Waals surface area contributed by atoms with Crippen molar-refractivity contribution < 1.29 is 13.6 Å². The second kappa shape index (κ2) is 5.38. The number of fused-ring (bicyclic) bond motifs is 1. The van der Waals surface area contributed by atoms with E-state index in [0.29, 0.717) is 10.9 Å². The highest BCUT2D eigenvalue weighted by molar-refractivity contribution is 6.06. The van der Waals surface area contributed by atoms with Crippen molar-refractivity contribution in [2.75, 3.05) is 18.4 Å². The van der Waals surface area contributed by atoms with Crippen LogP contribution in [-0.4, -0.2) is 29.9 Å². The number of carbonyl (C=O) groups excluding carboxylic acids is 1. The summed E-state index contributed by atoms with van der Waals surface area (Å²) in [6, 6.07) is 8.20. The number of nitrogens with zero attached hydrogens (tertiary/aromatic N) is 1. The zero-order valence-corrected chi connectivity index (χ0v) is 10.6. The Bertz CT molecular complexity index is 645. The number of hydrogen-bond acceptors (Lipinski definition) is 4. The number of benzene rings is 1. The number of amides is 1. The van der Waals surface area contributed by atoms with Crippen molar-refractivity contribution in [3.8, 4) is 0 Å². The third-order valence-corrected chi connectivity index (χ3v) is 2.81. The lowest BCUT2D eigenvalue weighted by Crippen LogP contribution is -2.35. The third-order valence-electron chi connectivity index (χ3n) is 2.81. The fourth-order valence-corrected chi connectivity index (χ4v) is 1.76. The Morgan fingerprint density at radius 1 is 1.35 bits per heavy atom. The van der Waals surface area contributed by atoms with Gasteiger partial charge in [-0.3, -0.25) is 4.79 Å². The van der Waals surface area contributed by atoms with E-state index in [0.717, 1.165) is 0 Å². The number of carbonyl (C=O) groups is 1. The van der Waals surface area contributed by atoms with Gasteiger partial charge in [0.15, 0.2) is 0 Å². The van der Waals surface area contributed by atoms with Gasteiger partial charge in [0.1, 0.15) is 5.82 Å². The van der Waals surface area contributed by atoms with Gasteiger partial charge in [0.2, 0.25) is 5.91 Å². The SMILES string of the molecule is NCC(F)(F)CNc1cc(C(N)=O)c2ccccc2n1. The molecule has 0 radical (unpaired) electrons. The lowest BCUT2D eigenvalue weighted by molar-refractivity contribution is 0.0253. The predicted molar refractivity (Wildman–Crippen MR) is 72.8 cm³/mol. The number of rotatable bonds is 5. The van der Waals surface area contributed by atoms with Crippen LogP contribution in [0.15, 0.2) is 30.3 Å². The predicted octanol–water partition coefficient (Wildman–Crippen LogP) is 1.34. The quantitative estimate of drug-likeness (QED) is 0.770. The van der Waals surface area contributed by atoms with Crippen molar-refractivity contribution in [1.82, 2.24) is 4.98 Å². The molecule has 0 spiro atoms. The molecule has 0 aliphatic carbocycles. The number of pyridine rings is 1. The first kappa shape index (κ1) is 14.1. The van der Waals surface area contributed by atoms with Crippen molar-refractivity contribution >= 4 is 22.6 Å². The minimum Gasteiger partial charge on any atom is -0.366 e. The summed E-state index contributed by atoms with van der Waals surface area (Å²) in [4.78, 5) is 15.6. The zero-order chi connectivity index (χ0) is 14.8. The minimum atomic E-state index is -3.04. The van der Waals surface area contributed by atoms with Gasteiger partial charge in [0.25, 0.3) is 5.92 Å². The Hall–Kier alpha value is -2.28. The number of primary amides is 1. The fourth-order valence-electron chi connectivity index (χ4n) is 1.76. The molecule has 0 bridgehead atoms. The maximum atomic E-state index is 13.1. The lowest BCUT2D eigenvalue weighted by atomic mass is 10.1. The first-order chi connectivity index (χ1) is 9.43. The van der Waals surface area contributed by atoms with Crippen LogP contribution >= 0.6 is 0 Å². The summed E-state index contributed by atoms with van der Waals surface area (Å²) in [5.74, 6) is -3.52. The molecule has 1 amide bonds. The number of hydrogen-bond donors (Lipinski definition) is 3. The van der Waals surface area contributed by atoms with Crippen molar-refractivity contribution in [2.24, 2.45) is 11.5 Å². The molecule has 0 aliphatic rings. The molecular formula is C13H14F2N4O. The summed E-state index contributed by atoms with van der Waals surface area (Å²) in [6.45, 7) is -1.43. The highest BCUT2D eigenvalue weighted by atomic mass is 19.3. The molecule has 0 saturated carbocycles. The molecule has 2 rings (SSSR count). The number of halogens is 2. The van der Waals surface area contributed by atoms with E-state index < -0.39 is 24.9 Å². The Kier molecular flexibility index (Phi) is 3.80. The molecule has 2 aromatic rings. The summed E-state index contributed by atoms with van der Waals surface area (Å²) >= 11 is 0. The van der Waals surface area contributed by atoms with Crippen LogP contribution in [0.5, 0.6) is 0 Å². The molecule has 7 heteroatoms. The van der Waals surface area contributed by atoms with Gasteiger partial charge in [0, 0.05) is 5.39 Å². The molecule has 0 saturated heterocycles. The van der Waals surface area contributed by atoms with Gasteiger partial charge >= 0.3 is 0 Å². The van der Waals surface area contributed by atoms with Gasteiger partial charge in [-0.15, -0.1) is 0 Å². The van der Waals surface area contributed by atoms with Crippen molar-refractivity contribution in [3.05, 3.63) is 35.9 Å². The van der Waals surface area contributed by atoms with Gasteiger partial charge in [-0.2, -0.15) is 0 Å². The van der Waals surface area contributed by atoms with Gasteiger partial charge < -0.3 is 16.8 Å². The van der Waals surface area contributed by atoms with E-state index in [1.54, 1.807) is 24.3 Å². The smallest absolute Gasteiger partial charge is 0.276 e. The highest BCUT2D eigenvalue weighted by Gasteiger charge is 2.26. The maximum Gasteiger partial charge on any atom is 0.276 e. The van der Waals surface area contributed by atoms with E-state index in [4.69, 9.17) is 11.5 Å². The normalized spacial score (nSPS) is 11.6. The molecule has 106 valence electrons. The molecule has 5 N–H and O–H groups in total. The van der Waals surface area contributed by atoms with Crippen LogP contribution in [0.25, 0.3) is 10.9 Å².